The first-order valence-electron chi connectivity index (χ1n) is 5.42. The minimum Gasteiger partial charge on any atom is -0.368 e. The van der Waals surface area contributed by atoms with Crippen molar-refractivity contribution in [2.24, 2.45) is 5.73 Å². The molecule has 3 N–H and O–H groups in total. The summed E-state index contributed by atoms with van der Waals surface area (Å²) in [4.78, 5) is 11.7. The van der Waals surface area contributed by atoms with E-state index in [2.05, 4.69) is 21.2 Å². The van der Waals surface area contributed by atoms with Gasteiger partial charge in [0.05, 0.1) is 0 Å². The van der Waals surface area contributed by atoms with Crippen LogP contribution in [0.25, 0.3) is 0 Å². The first-order valence-corrected chi connectivity index (χ1v) is 6.59. The fraction of sp³-hybridized carbons (Fsp3) is 0.417. The average molecular weight is 320 g/mol. The SMILES string of the molecule is CCCNC(C)(C(N)=O)c1ccc(Br)cc1Cl. The molecule has 17 heavy (non-hydrogen) atoms. The number of primary amides is 1. The second-order valence-corrected chi connectivity index (χ2v) is 5.36. The van der Waals surface area contributed by atoms with Gasteiger partial charge < -0.3 is 5.73 Å². The molecule has 1 aromatic carbocycles. The lowest BCUT2D eigenvalue weighted by atomic mass is 9.91. The molecule has 0 heterocycles. The maximum Gasteiger partial charge on any atom is 0.242 e. The molecule has 0 saturated carbocycles. The van der Waals surface area contributed by atoms with E-state index in [9.17, 15) is 4.79 Å². The van der Waals surface area contributed by atoms with Crippen LogP contribution in [0.3, 0.4) is 0 Å². The van der Waals surface area contributed by atoms with Crippen molar-refractivity contribution in [3.63, 3.8) is 0 Å². The van der Waals surface area contributed by atoms with Crippen LogP contribution in [-0.2, 0) is 10.3 Å². The van der Waals surface area contributed by atoms with Crippen molar-refractivity contribution in [3.05, 3.63) is 33.3 Å². The van der Waals surface area contributed by atoms with Crippen LogP contribution in [0.15, 0.2) is 22.7 Å². The van der Waals surface area contributed by atoms with E-state index >= 15 is 0 Å². The molecule has 1 rings (SSSR count). The quantitative estimate of drug-likeness (QED) is 0.877. The Morgan fingerprint density at radius 3 is 2.71 bits per heavy atom. The van der Waals surface area contributed by atoms with Gasteiger partial charge in [-0.1, -0.05) is 40.5 Å². The summed E-state index contributed by atoms with van der Waals surface area (Å²) in [5, 5.41) is 3.67. The van der Waals surface area contributed by atoms with Gasteiger partial charge in [-0.15, -0.1) is 0 Å². The van der Waals surface area contributed by atoms with E-state index in [0.29, 0.717) is 17.1 Å². The maximum absolute atomic E-state index is 11.7. The van der Waals surface area contributed by atoms with Gasteiger partial charge in [0, 0.05) is 9.50 Å². The highest BCUT2D eigenvalue weighted by molar-refractivity contribution is 9.10. The summed E-state index contributed by atoms with van der Waals surface area (Å²) in [5.74, 6) is -0.435. The van der Waals surface area contributed by atoms with Gasteiger partial charge in [-0.3, -0.25) is 10.1 Å². The molecule has 0 aliphatic carbocycles. The Morgan fingerprint density at radius 2 is 2.24 bits per heavy atom. The number of amides is 1. The molecule has 0 aliphatic rings. The fourth-order valence-electron chi connectivity index (χ4n) is 1.59. The third-order valence-electron chi connectivity index (χ3n) is 2.69. The van der Waals surface area contributed by atoms with Crippen molar-refractivity contribution in [1.82, 2.24) is 5.32 Å². The molecule has 0 fully saturated rings. The van der Waals surface area contributed by atoms with Crippen molar-refractivity contribution >= 4 is 33.4 Å². The molecule has 0 radical (unpaired) electrons. The fourth-order valence-corrected chi connectivity index (χ4v) is 2.45. The van der Waals surface area contributed by atoms with Crippen LogP contribution in [0.2, 0.25) is 5.02 Å². The van der Waals surface area contributed by atoms with Crippen molar-refractivity contribution in [1.29, 1.82) is 0 Å². The highest BCUT2D eigenvalue weighted by atomic mass is 79.9. The van der Waals surface area contributed by atoms with Crippen LogP contribution in [0.4, 0.5) is 0 Å². The molecule has 0 bridgehead atoms. The van der Waals surface area contributed by atoms with Crippen LogP contribution < -0.4 is 11.1 Å². The van der Waals surface area contributed by atoms with Gasteiger partial charge >= 0.3 is 0 Å². The Bertz CT molecular complexity index is 425. The van der Waals surface area contributed by atoms with E-state index in [-0.39, 0.29) is 0 Å². The molecule has 3 nitrogen and oxygen atoms in total. The zero-order valence-electron chi connectivity index (χ0n) is 9.89. The summed E-state index contributed by atoms with van der Waals surface area (Å²) in [6.07, 6.45) is 0.914. The Kier molecular flexibility index (Phi) is 4.98. The van der Waals surface area contributed by atoms with Gasteiger partial charge in [0.1, 0.15) is 5.54 Å². The molecule has 1 atom stereocenters. The first kappa shape index (κ1) is 14.5. The van der Waals surface area contributed by atoms with E-state index in [4.69, 9.17) is 17.3 Å². The van der Waals surface area contributed by atoms with Crippen LogP contribution >= 0.6 is 27.5 Å². The van der Waals surface area contributed by atoms with Crippen molar-refractivity contribution in [2.75, 3.05) is 6.54 Å². The minimum atomic E-state index is -0.937. The number of nitrogens with two attached hydrogens (primary N) is 1. The summed E-state index contributed by atoms with van der Waals surface area (Å²) < 4.78 is 0.869. The summed E-state index contributed by atoms with van der Waals surface area (Å²) in [5.41, 5.74) is 5.24. The van der Waals surface area contributed by atoms with Crippen molar-refractivity contribution in [3.8, 4) is 0 Å². The van der Waals surface area contributed by atoms with Crippen molar-refractivity contribution < 1.29 is 4.79 Å². The van der Waals surface area contributed by atoms with Gasteiger partial charge in [0.2, 0.25) is 5.91 Å². The number of rotatable bonds is 5. The van der Waals surface area contributed by atoms with Gasteiger partial charge in [0.15, 0.2) is 0 Å². The van der Waals surface area contributed by atoms with E-state index in [1.807, 2.05) is 13.0 Å². The number of carbonyl (C=O) groups excluding carboxylic acids is 1. The molecule has 5 heteroatoms. The zero-order chi connectivity index (χ0) is 13.1. The summed E-state index contributed by atoms with van der Waals surface area (Å²) in [7, 11) is 0. The molecule has 0 aliphatic heterocycles. The highest BCUT2D eigenvalue weighted by Crippen LogP contribution is 2.30. The maximum atomic E-state index is 11.7. The largest absolute Gasteiger partial charge is 0.368 e. The number of carbonyl (C=O) groups is 1. The van der Waals surface area contributed by atoms with E-state index in [1.165, 1.54) is 0 Å². The van der Waals surface area contributed by atoms with E-state index < -0.39 is 11.4 Å². The molecule has 0 aromatic heterocycles. The first-order chi connectivity index (χ1) is 7.91. The third-order valence-corrected chi connectivity index (χ3v) is 3.50. The molecule has 0 spiro atoms. The standard InChI is InChI=1S/C12H16BrClN2O/c1-3-6-16-12(2,11(15)17)9-5-4-8(13)7-10(9)14/h4-5,7,16H,3,6H2,1-2H3,(H2,15,17). The molecular weight excluding hydrogens is 304 g/mol. The number of benzene rings is 1. The number of halogens is 2. The zero-order valence-corrected chi connectivity index (χ0v) is 12.2. The Morgan fingerprint density at radius 1 is 1.59 bits per heavy atom. The lowest BCUT2D eigenvalue weighted by Crippen LogP contribution is -2.50. The van der Waals surface area contributed by atoms with Gasteiger partial charge in [-0.25, -0.2) is 0 Å². The monoisotopic (exact) mass is 318 g/mol. The van der Waals surface area contributed by atoms with Crippen molar-refractivity contribution in [2.45, 2.75) is 25.8 Å². The topological polar surface area (TPSA) is 55.1 Å². The molecule has 0 saturated heterocycles. The summed E-state index contributed by atoms with van der Waals surface area (Å²) >= 11 is 9.49. The van der Waals surface area contributed by atoms with Gasteiger partial charge in [-0.2, -0.15) is 0 Å². The van der Waals surface area contributed by atoms with Gasteiger partial charge in [0.25, 0.3) is 0 Å². The third kappa shape index (κ3) is 3.21. The predicted octanol–water partition coefficient (Wildman–Crippen LogP) is 2.80. The molecule has 94 valence electrons. The van der Waals surface area contributed by atoms with Crippen LogP contribution in [0.5, 0.6) is 0 Å². The minimum absolute atomic E-state index is 0.435. The second kappa shape index (κ2) is 5.85. The Hall–Kier alpha value is -0.580. The average Bonchev–Trinajstić information content (AvgIpc) is 2.25. The summed E-state index contributed by atoms with van der Waals surface area (Å²) in [6, 6.07) is 5.40. The molecular formula is C12H16BrClN2O. The normalized spacial score (nSPS) is 14.4. The van der Waals surface area contributed by atoms with Crippen LogP contribution in [0, 0.1) is 0 Å². The Labute approximate surface area is 115 Å². The van der Waals surface area contributed by atoms with Crippen LogP contribution in [0.1, 0.15) is 25.8 Å². The molecule has 1 aromatic rings. The number of hydrogen-bond acceptors (Lipinski definition) is 2. The Balaban J connectivity index is 3.17. The highest BCUT2D eigenvalue weighted by Gasteiger charge is 2.34. The molecule has 1 unspecified atom stereocenters. The van der Waals surface area contributed by atoms with Gasteiger partial charge in [-0.05, 0) is 37.6 Å². The smallest absolute Gasteiger partial charge is 0.242 e. The second-order valence-electron chi connectivity index (χ2n) is 4.04. The lowest BCUT2D eigenvalue weighted by Gasteiger charge is -2.29. The molecule has 1 amide bonds. The van der Waals surface area contributed by atoms with E-state index in [0.717, 1.165) is 10.9 Å². The van der Waals surface area contributed by atoms with E-state index in [1.54, 1.807) is 19.1 Å². The number of nitrogens with one attached hydrogen (secondary N) is 1. The number of hydrogen-bond donors (Lipinski definition) is 2. The van der Waals surface area contributed by atoms with Crippen LogP contribution in [-0.4, -0.2) is 12.5 Å². The lowest BCUT2D eigenvalue weighted by molar-refractivity contribution is -0.124. The summed E-state index contributed by atoms with van der Waals surface area (Å²) in [6.45, 7) is 4.48. The predicted molar refractivity (Wildman–Crippen MR) is 74.0 cm³/mol.